The Morgan fingerprint density at radius 2 is 1.71 bits per heavy atom. The van der Waals surface area contributed by atoms with Crippen molar-refractivity contribution in [2.45, 2.75) is 19.9 Å². The molecule has 4 aromatic rings. The summed E-state index contributed by atoms with van der Waals surface area (Å²) in [5, 5.41) is 6.06. The average Bonchev–Trinajstić information content (AvgIpc) is 3.03. The van der Waals surface area contributed by atoms with Crippen LogP contribution in [0.25, 0.3) is 10.9 Å². The van der Waals surface area contributed by atoms with E-state index in [4.69, 9.17) is 11.6 Å². The maximum absolute atomic E-state index is 12.3. The molecular weight excluding hydrogens is 474 g/mol. The molecule has 0 atom stereocenters. The van der Waals surface area contributed by atoms with Gasteiger partial charge in [0.25, 0.3) is 0 Å². The molecule has 1 amide bonds. The minimum atomic E-state index is -0.152. The van der Waals surface area contributed by atoms with Crippen molar-refractivity contribution in [1.29, 1.82) is 0 Å². The molecule has 1 N–H and O–H groups in total. The van der Waals surface area contributed by atoms with Gasteiger partial charge in [-0.3, -0.25) is 4.79 Å². The third-order valence-electron chi connectivity index (χ3n) is 5.19. The molecule has 0 radical (unpaired) electrons. The maximum Gasteiger partial charge on any atom is 0.244 e. The highest BCUT2D eigenvalue weighted by Gasteiger charge is 2.13. The second-order valence-electron chi connectivity index (χ2n) is 7.33. The Labute approximate surface area is 194 Å². The lowest BCUT2D eigenvalue weighted by Crippen LogP contribution is -2.19. The zero-order chi connectivity index (χ0) is 21.8. The number of para-hydroxylation sites is 1. The first-order chi connectivity index (χ1) is 15.0. The van der Waals surface area contributed by atoms with Crippen molar-refractivity contribution >= 4 is 50.6 Å². The van der Waals surface area contributed by atoms with Crippen LogP contribution in [0.1, 0.15) is 22.4 Å². The predicted octanol–water partition coefficient (Wildman–Crippen LogP) is 6.11. The van der Waals surface area contributed by atoms with Gasteiger partial charge in [0.15, 0.2) is 0 Å². The molecule has 0 saturated heterocycles. The molecule has 0 unspecified atom stereocenters. The van der Waals surface area contributed by atoms with Crippen LogP contribution in [-0.4, -0.2) is 16.7 Å². The van der Waals surface area contributed by atoms with Gasteiger partial charge in [0.2, 0.25) is 5.91 Å². The number of halogens is 2. The second-order valence-corrected chi connectivity index (χ2v) is 8.68. The summed E-state index contributed by atoms with van der Waals surface area (Å²) < 4.78 is 3.24. The Kier molecular flexibility index (Phi) is 6.54. The third-order valence-corrected chi connectivity index (χ3v) is 5.98. The van der Waals surface area contributed by atoms with Crippen molar-refractivity contribution in [1.82, 2.24) is 9.99 Å². The van der Waals surface area contributed by atoms with Gasteiger partial charge in [-0.15, -0.1) is 0 Å². The summed E-state index contributed by atoms with van der Waals surface area (Å²) in [6.07, 6.45) is 2.01. The van der Waals surface area contributed by atoms with Crippen molar-refractivity contribution in [3.05, 3.63) is 105 Å². The number of fused-ring (bicyclic) bond motifs is 1. The zero-order valence-corrected chi connectivity index (χ0v) is 19.3. The first-order valence-electron chi connectivity index (χ1n) is 9.90. The maximum atomic E-state index is 12.3. The Morgan fingerprint density at radius 3 is 2.45 bits per heavy atom. The van der Waals surface area contributed by atoms with Crippen LogP contribution in [-0.2, 0) is 17.8 Å². The minimum Gasteiger partial charge on any atom is -0.340 e. The van der Waals surface area contributed by atoms with Gasteiger partial charge in [-0.05, 0) is 48.4 Å². The monoisotopic (exact) mass is 493 g/mol. The summed E-state index contributed by atoms with van der Waals surface area (Å²) in [5.74, 6) is -0.152. The highest BCUT2D eigenvalue weighted by atomic mass is 79.9. The van der Waals surface area contributed by atoms with Gasteiger partial charge in [-0.1, -0.05) is 70.0 Å². The van der Waals surface area contributed by atoms with Crippen LogP contribution in [0.3, 0.4) is 0 Å². The van der Waals surface area contributed by atoms with E-state index in [9.17, 15) is 4.79 Å². The number of hydrogen-bond acceptors (Lipinski definition) is 2. The molecule has 0 saturated carbocycles. The van der Waals surface area contributed by atoms with Crippen molar-refractivity contribution < 1.29 is 4.79 Å². The molecule has 1 aromatic heterocycles. The molecule has 1 heterocycles. The number of hydrogen-bond donors (Lipinski definition) is 1. The number of benzene rings is 3. The average molecular weight is 495 g/mol. The van der Waals surface area contributed by atoms with Crippen LogP contribution >= 0.6 is 27.5 Å². The Balaban J connectivity index is 1.54. The van der Waals surface area contributed by atoms with Gasteiger partial charge < -0.3 is 4.57 Å². The molecule has 0 aliphatic carbocycles. The fraction of sp³-hybridized carbons (Fsp3) is 0.120. The fourth-order valence-corrected chi connectivity index (χ4v) is 3.98. The Hall–Kier alpha value is -2.89. The highest BCUT2D eigenvalue weighted by molar-refractivity contribution is 9.10. The van der Waals surface area contributed by atoms with Crippen LogP contribution in [0.5, 0.6) is 0 Å². The molecule has 6 heteroatoms. The molecule has 0 aliphatic heterocycles. The predicted molar refractivity (Wildman–Crippen MR) is 131 cm³/mol. The van der Waals surface area contributed by atoms with Crippen molar-refractivity contribution in [2.24, 2.45) is 5.10 Å². The topological polar surface area (TPSA) is 46.4 Å². The molecular formula is C25H21BrClN3O. The second kappa shape index (κ2) is 9.50. The standard InChI is InChI=1S/C25H21BrClN3O/c1-17-23(15-28-29-25(31)14-18-6-10-20(26)11-7-18)22-4-2-3-5-24(22)30(17)16-19-8-12-21(27)13-9-19/h2-13,15H,14,16H2,1H3,(H,29,31)/b28-15-. The molecule has 0 aliphatic rings. The first-order valence-corrected chi connectivity index (χ1v) is 11.1. The molecule has 3 aromatic carbocycles. The summed E-state index contributed by atoms with van der Waals surface area (Å²) in [4.78, 5) is 12.3. The van der Waals surface area contributed by atoms with Crippen LogP contribution in [0.2, 0.25) is 5.02 Å². The van der Waals surface area contributed by atoms with E-state index in [0.717, 1.165) is 43.8 Å². The van der Waals surface area contributed by atoms with Crippen LogP contribution in [0, 0.1) is 6.92 Å². The van der Waals surface area contributed by atoms with E-state index in [2.05, 4.69) is 50.1 Å². The fourth-order valence-electron chi connectivity index (χ4n) is 3.59. The number of nitrogens with zero attached hydrogens (tertiary/aromatic N) is 2. The van der Waals surface area contributed by atoms with E-state index in [0.29, 0.717) is 0 Å². The lowest BCUT2D eigenvalue weighted by molar-refractivity contribution is -0.120. The van der Waals surface area contributed by atoms with E-state index < -0.39 is 0 Å². The van der Waals surface area contributed by atoms with Gasteiger partial charge in [-0.2, -0.15) is 5.10 Å². The zero-order valence-electron chi connectivity index (χ0n) is 17.0. The molecule has 0 spiro atoms. The van der Waals surface area contributed by atoms with Gasteiger partial charge in [0.05, 0.1) is 12.6 Å². The van der Waals surface area contributed by atoms with E-state index in [1.54, 1.807) is 6.21 Å². The third kappa shape index (κ3) is 5.06. The van der Waals surface area contributed by atoms with Crippen molar-refractivity contribution in [3.63, 3.8) is 0 Å². The number of aromatic nitrogens is 1. The number of rotatable bonds is 6. The number of amides is 1. The minimum absolute atomic E-state index is 0.152. The largest absolute Gasteiger partial charge is 0.340 e. The first kappa shape index (κ1) is 21.3. The van der Waals surface area contributed by atoms with Crippen LogP contribution < -0.4 is 5.43 Å². The quantitative estimate of drug-likeness (QED) is 0.255. The summed E-state index contributed by atoms with van der Waals surface area (Å²) >= 11 is 9.42. The van der Waals surface area contributed by atoms with Gasteiger partial charge in [0.1, 0.15) is 0 Å². The van der Waals surface area contributed by atoms with E-state index >= 15 is 0 Å². The molecule has 4 nitrogen and oxygen atoms in total. The van der Waals surface area contributed by atoms with E-state index in [1.807, 2.05) is 60.7 Å². The number of hydrazone groups is 1. The van der Waals surface area contributed by atoms with Crippen LogP contribution in [0.4, 0.5) is 0 Å². The van der Waals surface area contributed by atoms with Gasteiger partial charge in [-0.25, -0.2) is 5.43 Å². The smallest absolute Gasteiger partial charge is 0.244 e. The number of carbonyl (C=O) groups excluding carboxylic acids is 1. The SMILES string of the molecule is Cc1c(/C=N\NC(=O)Cc2ccc(Br)cc2)c2ccccc2n1Cc1ccc(Cl)cc1. The molecule has 4 rings (SSSR count). The Bertz CT molecular complexity index is 1240. The van der Waals surface area contributed by atoms with Gasteiger partial charge in [0, 0.05) is 38.2 Å². The van der Waals surface area contributed by atoms with E-state index in [-0.39, 0.29) is 12.3 Å². The van der Waals surface area contributed by atoms with E-state index in [1.165, 1.54) is 5.56 Å². The highest BCUT2D eigenvalue weighted by Crippen LogP contribution is 2.26. The molecule has 156 valence electrons. The molecule has 31 heavy (non-hydrogen) atoms. The van der Waals surface area contributed by atoms with Crippen molar-refractivity contribution in [3.8, 4) is 0 Å². The lowest BCUT2D eigenvalue weighted by Gasteiger charge is -2.09. The summed E-state index contributed by atoms with van der Waals surface area (Å²) in [6, 6.07) is 23.8. The number of nitrogens with one attached hydrogen (secondary N) is 1. The van der Waals surface area contributed by atoms with Crippen molar-refractivity contribution in [2.75, 3.05) is 0 Å². The molecule has 0 fully saturated rings. The lowest BCUT2D eigenvalue weighted by atomic mass is 10.1. The summed E-state index contributed by atoms with van der Waals surface area (Å²) in [7, 11) is 0. The van der Waals surface area contributed by atoms with Gasteiger partial charge >= 0.3 is 0 Å². The normalized spacial score (nSPS) is 11.3. The molecule has 0 bridgehead atoms. The van der Waals surface area contributed by atoms with Crippen LogP contribution in [0.15, 0.2) is 82.4 Å². The number of carbonyl (C=O) groups is 1. The summed E-state index contributed by atoms with van der Waals surface area (Å²) in [5.41, 5.74) is 7.95. The summed E-state index contributed by atoms with van der Waals surface area (Å²) in [6.45, 7) is 2.80. The Morgan fingerprint density at radius 1 is 1.03 bits per heavy atom.